The summed E-state index contributed by atoms with van der Waals surface area (Å²) in [4.78, 5) is 24.9. The van der Waals surface area contributed by atoms with E-state index in [0.29, 0.717) is 105 Å². The lowest BCUT2D eigenvalue weighted by Gasteiger charge is -2.36. The summed E-state index contributed by atoms with van der Waals surface area (Å²) in [6.07, 6.45) is 11.8. The molecule has 1 saturated heterocycles. The average Bonchev–Trinajstić information content (AvgIpc) is 3.67. The highest BCUT2D eigenvalue weighted by Gasteiger charge is 2.25. The highest BCUT2D eigenvalue weighted by Crippen LogP contribution is 2.29. The second-order valence-corrected chi connectivity index (χ2v) is 13.7. The molecule has 0 bridgehead atoms. The van der Waals surface area contributed by atoms with Gasteiger partial charge in [0.05, 0.1) is 92.6 Å². The first kappa shape index (κ1) is 46.7. The van der Waals surface area contributed by atoms with Crippen molar-refractivity contribution in [3.05, 3.63) is 53.9 Å². The number of likely N-dealkylation sites (N-methyl/N-ethyl adjacent to an activating group) is 1. The number of aromatic nitrogens is 4. The van der Waals surface area contributed by atoms with E-state index in [1.165, 1.54) is 19.6 Å². The zero-order valence-electron chi connectivity index (χ0n) is 34.7. The number of rotatable bonds is 32. The lowest BCUT2D eigenvalue weighted by molar-refractivity contribution is -0.134. The molecule has 1 unspecified atom stereocenters. The summed E-state index contributed by atoms with van der Waals surface area (Å²) < 4.78 is 45.5. The van der Waals surface area contributed by atoms with Crippen LogP contribution in [0.25, 0.3) is 5.65 Å². The summed E-state index contributed by atoms with van der Waals surface area (Å²) in [6.45, 7) is 11.4. The number of pyridine rings is 1. The quantitative estimate of drug-likeness (QED) is 0.0534. The Morgan fingerprint density at radius 1 is 0.914 bits per heavy atom. The number of carbonyl (C=O) groups excluding carboxylic acids is 1. The average molecular weight is 816 g/mol. The topological polar surface area (TPSA) is 173 Å². The van der Waals surface area contributed by atoms with Gasteiger partial charge in [-0.15, -0.1) is 0 Å². The van der Waals surface area contributed by atoms with Gasteiger partial charge in [-0.3, -0.25) is 0 Å². The van der Waals surface area contributed by atoms with E-state index in [-0.39, 0.29) is 18.6 Å². The third-order valence-corrected chi connectivity index (χ3v) is 9.39. The zero-order chi connectivity index (χ0) is 41.0. The van der Waals surface area contributed by atoms with Crippen molar-refractivity contribution < 1.29 is 47.8 Å². The van der Waals surface area contributed by atoms with Gasteiger partial charge in [0.15, 0.2) is 5.65 Å². The van der Waals surface area contributed by atoms with Gasteiger partial charge in [0.1, 0.15) is 18.2 Å². The van der Waals surface area contributed by atoms with Gasteiger partial charge in [-0.25, -0.2) is 14.8 Å². The second-order valence-electron chi connectivity index (χ2n) is 13.7. The smallest absolute Gasteiger partial charge is 0.330 e. The lowest BCUT2D eigenvalue weighted by atomic mass is 9.99. The maximum absolute atomic E-state index is 11.1. The summed E-state index contributed by atoms with van der Waals surface area (Å²) in [6, 6.07) is 6.21. The predicted molar refractivity (Wildman–Crippen MR) is 220 cm³/mol. The third kappa shape index (κ3) is 17.5. The van der Waals surface area contributed by atoms with Crippen LogP contribution in [0.5, 0.6) is 5.88 Å². The first-order valence-electron chi connectivity index (χ1n) is 20.5. The van der Waals surface area contributed by atoms with Gasteiger partial charge in [-0.1, -0.05) is 19.1 Å². The minimum absolute atomic E-state index is 0.173. The van der Waals surface area contributed by atoms with Gasteiger partial charge in [-0.2, -0.15) is 9.61 Å². The number of anilines is 2. The molecule has 3 aromatic heterocycles. The van der Waals surface area contributed by atoms with Crippen LogP contribution in [0.2, 0.25) is 0 Å². The normalized spacial score (nSPS) is 14.6. The second kappa shape index (κ2) is 28.5. The first-order chi connectivity index (χ1) is 28.5. The zero-order valence-corrected chi connectivity index (χ0v) is 34.7. The van der Waals surface area contributed by atoms with Gasteiger partial charge in [0.25, 0.3) is 0 Å². The van der Waals surface area contributed by atoms with Crippen LogP contribution < -0.4 is 15.0 Å². The number of hydrogen-bond acceptors (Lipinski definition) is 16. The highest BCUT2D eigenvalue weighted by atomic mass is 16.6. The van der Waals surface area contributed by atoms with Gasteiger partial charge in [-0.05, 0) is 44.7 Å². The molecule has 2 N–H and O–H groups in total. The molecule has 3 aromatic rings. The molecule has 0 spiro atoms. The van der Waals surface area contributed by atoms with E-state index >= 15 is 0 Å². The molecule has 17 nitrogen and oxygen atoms in total. The Bertz CT molecular complexity index is 1580. The van der Waals surface area contributed by atoms with Crippen LogP contribution in [-0.2, 0) is 50.9 Å². The molecule has 1 atom stereocenters. The number of methoxy groups -OCH3 is 1. The Kier molecular flexibility index (Phi) is 23.0. The summed E-state index contributed by atoms with van der Waals surface area (Å²) in [5.74, 6) is 1.97. The number of hydrogen-bond donors (Lipinski definition) is 2. The number of carbonyl (C=O) groups is 1. The molecular weight excluding hydrogens is 750 g/mol. The molecule has 0 radical (unpaired) electrons. The first-order valence-corrected chi connectivity index (χ1v) is 20.5. The minimum atomic E-state index is -0.356. The summed E-state index contributed by atoms with van der Waals surface area (Å²) in [5.41, 5.74) is 2.97. The molecule has 324 valence electrons. The predicted octanol–water partition coefficient (Wildman–Crippen LogP) is 3.18. The van der Waals surface area contributed by atoms with Gasteiger partial charge >= 0.3 is 5.97 Å². The molecule has 1 aliphatic heterocycles. The maximum Gasteiger partial charge on any atom is 0.330 e. The maximum atomic E-state index is 11.1. The summed E-state index contributed by atoms with van der Waals surface area (Å²) >= 11 is 0. The van der Waals surface area contributed by atoms with Crippen molar-refractivity contribution in [3.63, 3.8) is 0 Å². The van der Waals surface area contributed by atoms with Crippen LogP contribution in [0.3, 0.4) is 0 Å². The number of aliphatic hydroxyl groups is 1. The van der Waals surface area contributed by atoms with Gasteiger partial charge in [0, 0.05) is 68.8 Å². The molecule has 0 saturated carbocycles. The van der Waals surface area contributed by atoms with E-state index in [1.54, 1.807) is 6.08 Å². The number of nitrogens with one attached hydrogen (secondary N) is 1. The van der Waals surface area contributed by atoms with Crippen LogP contribution in [0.4, 0.5) is 11.6 Å². The molecule has 1 aliphatic rings. The van der Waals surface area contributed by atoms with Crippen LogP contribution >= 0.6 is 0 Å². The monoisotopic (exact) mass is 815 g/mol. The van der Waals surface area contributed by atoms with Crippen molar-refractivity contribution in [2.24, 2.45) is 0 Å². The fraction of sp³-hybridized carbons (Fsp3) is 0.659. The summed E-state index contributed by atoms with van der Waals surface area (Å²) in [7, 11) is 3.31. The Morgan fingerprint density at radius 3 is 2.17 bits per heavy atom. The number of esters is 1. The Morgan fingerprint density at radius 2 is 1.57 bits per heavy atom. The van der Waals surface area contributed by atoms with Crippen LogP contribution in [0, 0.1) is 0 Å². The van der Waals surface area contributed by atoms with E-state index in [0.717, 1.165) is 67.2 Å². The number of piperidine rings is 1. The number of aryl methyl sites for hydroxylation is 1. The molecule has 17 heteroatoms. The van der Waals surface area contributed by atoms with Crippen molar-refractivity contribution in [2.45, 2.75) is 51.6 Å². The van der Waals surface area contributed by atoms with Crippen LogP contribution in [-0.4, -0.2) is 168 Å². The molecule has 4 rings (SSSR count). The largest absolute Gasteiger partial charge is 0.475 e. The van der Waals surface area contributed by atoms with Crippen molar-refractivity contribution in [3.8, 4) is 5.88 Å². The van der Waals surface area contributed by atoms with Crippen molar-refractivity contribution in [1.29, 1.82) is 0 Å². The number of nitrogens with zero attached hydrogens (tertiary/aromatic N) is 6. The fourth-order valence-electron chi connectivity index (χ4n) is 6.18. The highest BCUT2D eigenvalue weighted by molar-refractivity contribution is 5.81. The van der Waals surface area contributed by atoms with Crippen LogP contribution in [0.15, 0.2) is 42.7 Å². The van der Waals surface area contributed by atoms with E-state index in [1.807, 2.05) is 41.0 Å². The fourth-order valence-corrected chi connectivity index (χ4v) is 6.18. The number of ether oxygens (including phenoxy) is 8. The van der Waals surface area contributed by atoms with E-state index in [2.05, 4.69) is 38.0 Å². The Hall–Kier alpha value is -3.94. The van der Waals surface area contributed by atoms with E-state index < -0.39 is 0 Å². The molecule has 1 fully saturated rings. The molecule has 0 aliphatic carbocycles. The number of fused-ring (bicyclic) bond motifs is 1. The molecule has 58 heavy (non-hydrogen) atoms. The lowest BCUT2D eigenvalue weighted by Crippen LogP contribution is -2.40. The minimum Gasteiger partial charge on any atom is -0.475 e. The van der Waals surface area contributed by atoms with Crippen molar-refractivity contribution >= 4 is 23.3 Å². The third-order valence-electron chi connectivity index (χ3n) is 9.39. The molecule has 4 heterocycles. The van der Waals surface area contributed by atoms with E-state index in [4.69, 9.17) is 38.1 Å². The van der Waals surface area contributed by atoms with E-state index in [9.17, 15) is 9.90 Å². The van der Waals surface area contributed by atoms with Crippen LogP contribution in [0.1, 0.15) is 43.7 Å². The molecule has 0 amide bonds. The van der Waals surface area contributed by atoms with Crippen molar-refractivity contribution in [1.82, 2.24) is 24.5 Å². The van der Waals surface area contributed by atoms with Crippen molar-refractivity contribution in [2.75, 3.05) is 137 Å². The number of aliphatic hydroxyl groups excluding tert-OH is 1. The van der Waals surface area contributed by atoms with Gasteiger partial charge < -0.3 is 58.1 Å². The SMILES string of the molecule is CCc1cnn2c(NCc3ccc(OCCOCCOCCOCCOCCOCCOCCN(C)C/C=C/C(=O)OC)nc3)cc(N3CCCCC3CCO)nc12. The Balaban J connectivity index is 0.962. The standard InChI is InChI=1S/C41H65N7O10/c1-4-35-33-44-48-37(30-38(45-41(35)48)47-14-6-5-8-36(47)12-16-49)42-31-34-10-11-39(43-32-34)58-29-28-57-27-26-56-25-24-55-23-22-54-21-20-53-19-18-52-17-15-46(2)13-7-9-40(50)51-3/h7,9-11,30,32-33,36,42,49H,4-6,8,12-29,31H2,1-3H3/b9-7+. The van der Waals surface area contributed by atoms with Gasteiger partial charge in [0.2, 0.25) is 5.88 Å². The summed E-state index contributed by atoms with van der Waals surface area (Å²) in [5, 5.41) is 17.8. The molecule has 0 aromatic carbocycles. The Labute approximate surface area is 342 Å². The molecular formula is C41H65N7O10.